The molecule has 0 spiro atoms. The first-order valence-corrected chi connectivity index (χ1v) is 8.70. The van der Waals surface area contributed by atoms with E-state index in [1.54, 1.807) is 40.3 Å². The van der Waals surface area contributed by atoms with Crippen LogP contribution in [0.4, 0.5) is 9.59 Å². The van der Waals surface area contributed by atoms with Gasteiger partial charge in [0.1, 0.15) is 6.17 Å². The van der Waals surface area contributed by atoms with Gasteiger partial charge in [0, 0.05) is 26.1 Å². The van der Waals surface area contributed by atoms with Gasteiger partial charge in [0.25, 0.3) is 0 Å². The van der Waals surface area contributed by atoms with Gasteiger partial charge in [-0.25, -0.2) is 9.59 Å². The van der Waals surface area contributed by atoms with Crippen molar-refractivity contribution in [3.05, 3.63) is 17.7 Å². The Hall–Kier alpha value is -2.84. The number of nitrogens with one attached hydrogen (secondary N) is 2. The maximum Gasteiger partial charge on any atom is 0.319 e. The van der Waals surface area contributed by atoms with Crippen LogP contribution in [0.2, 0.25) is 0 Å². The van der Waals surface area contributed by atoms with Crippen LogP contribution in [0, 0.1) is 5.92 Å². The monoisotopic (exact) mass is 378 g/mol. The third-order valence-electron chi connectivity index (χ3n) is 5.43. The number of fused-ring (bicyclic) bond motifs is 1. The summed E-state index contributed by atoms with van der Waals surface area (Å²) >= 11 is 0. The maximum absolute atomic E-state index is 12.6. The van der Waals surface area contributed by atoms with Crippen molar-refractivity contribution in [2.75, 3.05) is 35.4 Å². The molecule has 2 heterocycles. The highest BCUT2D eigenvalue weighted by atomic mass is 16.5. The molecule has 0 bridgehead atoms. The number of hydrogen-bond donors (Lipinski definition) is 2. The summed E-state index contributed by atoms with van der Waals surface area (Å²) in [6.07, 6.45) is -0.415. The van der Waals surface area contributed by atoms with Crippen molar-refractivity contribution in [2.45, 2.75) is 25.2 Å². The number of ether oxygens (including phenoxy) is 3. The number of benzene rings is 1. The van der Waals surface area contributed by atoms with Crippen LogP contribution < -0.4 is 24.8 Å². The predicted molar refractivity (Wildman–Crippen MR) is 98.2 cm³/mol. The van der Waals surface area contributed by atoms with Gasteiger partial charge in [-0.3, -0.25) is 0 Å². The second-order valence-electron chi connectivity index (χ2n) is 6.84. The smallest absolute Gasteiger partial charge is 0.319 e. The van der Waals surface area contributed by atoms with E-state index >= 15 is 0 Å². The van der Waals surface area contributed by atoms with Crippen LogP contribution in [0.1, 0.15) is 18.5 Å². The summed E-state index contributed by atoms with van der Waals surface area (Å²) in [5.41, 5.74) is 0.841. The number of hydrogen-bond acceptors (Lipinski definition) is 5. The summed E-state index contributed by atoms with van der Waals surface area (Å²) in [7, 11) is 8.07. The molecule has 0 aliphatic carbocycles. The predicted octanol–water partition coefficient (Wildman–Crippen LogP) is 1.39. The quantitative estimate of drug-likeness (QED) is 0.826. The molecule has 1 aromatic rings. The molecule has 0 radical (unpaired) electrons. The van der Waals surface area contributed by atoms with Gasteiger partial charge in [0.2, 0.25) is 5.75 Å². The highest BCUT2D eigenvalue weighted by molar-refractivity contribution is 5.80. The van der Waals surface area contributed by atoms with E-state index in [4.69, 9.17) is 14.2 Å². The molecule has 2 aliphatic heterocycles. The largest absolute Gasteiger partial charge is 0.493 e. The molecule has 0 aromatic heterocycles. The molecule has 148 valence electrons. The number of carbonyl (C=O) groups is 2. The van der Waals surface area contributed by atoms with Crippen molar-refractivity contribution in [2.24, 2.45) is 5.92 Å². The average Bonchev–Trinajstić information content (AvgIpc) is 2.66. The van der Waals surface area contributed by atoms with Gasteiger partial charge in [-0.1, -0.05) is 0 Å². The van der Waals surface area contributed by atoms with E-state index < -0.39 is 6.17 Å². The highest BCUT2D eigenvalue weighted by Crippen LogP contribution is 2.45. The molecule has 2 fully saturated rings. The van der Waals surface area contributed by atoms with Crippen LogP contribution in [0.25, 0.3) is 0 Å². The lowest BCUT2D eigenvalue weighted by atomic mass is 9.81. The molecule has 2 aliphatic rings. The van der Waals surface area contributed by atoms with E-state index in [1.807, 2.05) is 19.1 Å². The van der Waals surface area contributed by atoms with Crippen molar-refractivity contribution in [1.82, 2.24) is 20.4 Å². The topological polar surface area (TPSA) is 92.4 Å². The molecule has 4 amide bonds. The molecule has 0 saturated carbocycles. The Morgan fingerprint density at radius 3 is 1.96 bits per heavy atom. The van der Waals surface area contributed by atoms with Crippen LogP contribution in [0.15, 0.2) is 12.1 Å². The van der Waals surface area contributed by atoms with Crippen molar-refractivity contribution >= 4 is 12.1 Å². The van der Waals surface area contributed by atoms with Gasteiger partial charge in [-0.15, -0.1) is 0 Å². The van der Waals surface area contributed by atoms with E-state index in [1.165, 1.54) is 4.90 Å². The molecule has 3 rings (SSSR count). The Morgan fingerprint density at radius 2 is 1.44 bits per heavy atom. The Bertz CT molecular complexity index is 730. The van der Waals surface area contributed by atoms with Gasteiger partial charge in [-0.05, 0) is 24.6 Å². The number of methoxy groups -OCH3 is 3. The number of urea groups is 2. The van der Waals surface area contributed by atoms with Gasteiger partial charge < -0.3 is 34.6 Å². The lowest BCUT2D eigenvalue weighted by Crippen LogP contribution is -2.71. The summed E-state index contributed by atoms with van der Waals surface area (Å²) < 4.78 is 16.3. The number of nitrogens with zero attached hydrogens (tertiary/aromatic N) is 2. The molecule has 2 N–H and O–H groups in total. The van der Waals surface area contributed by atoms with Crippen LogP contribution in [0.3, 0.4) is 0 Å². The number of rotatable bonds is 4. The van der Waals surface area contributed by atoms with Gasteiger partial charge in [0.15, 0.2) is 11.5 Å². The van der Waals surface area contributed by atoms with Crippen LogP contribution in [-0.4, -0.2) is 69.5 Å². The third kappa shape index (κ3) is 2.96. The minimum atomic E-state index is -0.415. The van der Waals surface area contributed by atoms with Gasteiger partial charge in [-0.2, -0.15) is 0 Å². The zero-order chi connectivity index (χ0) is 19.9. The molecular formula is C18H26N4O5. The lowest BCUT2D eigenvalue weighted by Gasteiger charge is -2.52. The van der Waals surface area contributed by atoms with Crippen molar-refractivity contribution in [1.29, 1.82) is 0 Å². The Labute approximate surface area is 158 Å². The maximum atomic E-state index is 12.6. The molecule has 9 heteroatoms. The molecular weight excluding hydrogens is 352 g/mol. The van der Waals surface area contributed by atoms with E-state index in [-0.39, 0.29) is 30.1 Å². The molecule has 1 aromatic carbocycles. The Balaban J connectivity index is 2.12. The second-order valence-corrected chi connectivity index (χ2v) is 6.84. The normalized spacial score (nSPS) is 27.5. The molecule has 2 saturated heterocycles. The summed E-state index contributed by atoms with van der Waals surface area (Å²) in [6.45, 7) is 1.94. The number of amides is 4. The van der Waals surface area contributed by atoms with E-state index in [0.717, 1.165) is 5.56 Å². The molecule has 9 nitrogen and oxygen atoms in total. The molecule has 27 heavy (non-hydrogen) atoms. The zero-order valence-corrected chi connectivity index (χ0v) is 16.4. The van der Waals surface area contributed by atoms with E-state index in [9.17, 15) is 9.59 Å². The second kappa shape index (κ2) is 7.05. The fourth-order valence-corrected chi connectivity index (χ4v) is 4.02. The standard InChI is InChI=1S/C18H26N4O5/c1-9-13-14(10-7-11(25-4)15(27-6)12(8-10)26-5)21(2)18(24)20-16(13)22(3)17(23)19-9/h7-9,13-14,16H,1-6H3,(H,19,23)(H,20,24)/t9-,13-,14+,16-/m1/s1. The lowest BCUT2D eigenvalue weighted by molar-refractivity contribution is 0.0247. The average molecular weight is 378 g/mol. The Morgan fingerprint density at radius 1 is 0.889 bits per heavy atom. The Kier molecular flexibility index (Phi) is 4.95. The van der Waals surface area contributed by atoms with E-state index in [2.05, 4.69) is 10.6 Å². The van der Waals surface area contributed by atoms with Crippen LogP contribution in [-0.2, 0) is 0 Å². The fraction of sp³-hybridized carbons (Fsp3) is 0.556. The zero-order valence-electron chi connectivity index (χ0n) is 16.4. The van der Waals surface area contributed by atoms with Gasteiger partial charge in [0.05, 0.1) is 27.4 Å². The van der Waals surface area contributed by atoms with Crippen LogP contribution >= 0.6 is 0 Å². The molecule has 0 unspecified atom stereocenters. The van der Waals surface area contributed by atoms with Crippen molar-refractivity contribution in [3.8, 4) is 17.2 Å². The summed E-state index contributed by atoms with van der Waals surface area (Å²) in [5, 5.41) is 5.89. The minimum Gasteiger partial charge on any atom is -0.493 e. The first-order chi connectivity index (χ1) is 12.8. The van der Waals surface area contributed by atoms with Crippen molar-refractivity contribution < 1.29 is 23.8 Å². The summed E-state index contributed by atoms with van der Waals surface area (Å²) in [5.74, 6) is 1.44. The first-order valence-electron chi connectivity index (χ1n) is 8.70. The highest BCUT2D eigenvalue weighted by Gasteiger charge is 2.49. The minimum absolute atomic E-state index is 0.0850. The fourth-order valence-electron chi connectivity index (χ4n) is 4.02. The van der Waals surface area contributed by atoms with Crippen LogP contribution in [0.5, 0.6) is 17.2 Å². The molecule has 4 atom stereocenters. The summed E-state index contributed by atoms with van der Waals surface area (Å²) in [6, 6.07) is 2.80. The first kappa shape index (κ1) is 18.9. The van der Waals surface area contributed by atoms with Crippen molar-refractivity contribution in [3.63, 3.8) is 0 Å². The number of carbonyl (C=O) groups excluding carboxylic acids is 2. The van der Waals surface area contributed by atoms with E-state index in [0.29, 0.717) is 17.2 Å². The summed E-state index contributed by atoms with van der Waals surface area (Å²) in [4.78, 5) is 27.9. The SMILES string of the molecule is COc1cc([C@H]2[C@H]3[C@@H](C)NC(=O)N(C)[C@H]3NC(=O)N2C)cc(OC)c1OC. The van der Waals surface area contributed by atoms with Gasteiger partial charge >= 0.3 is 12.1 Å². The third-order valence-corrected chi connectivity index (χ3v) is 5.43.